The Morgan fingerprint density at radius 3 is 2.72 bits per heavy atom. The summed E-state index contributed by atoms with van der Waals surface area (Å²) in [5.41, 5.74) is 2.13. The van der Waals surface area contributed by atoms with Gasteiger partial charge in [0.15, 0.2) is 6.61 Å². The molecule has 0 radical (unpaired) electrons. The van der Waals surface area contributed by atoms with E-state index in [4.69, 9.17) is 18.6 Å². The number of carbonyl (C=O) groups excluding carboxylic acids is 1. The lowest BCUT2D eigenvalue weighted by Crippen LogP contribution is -2.52. The highest BCUT2D eigenvalue weighted by Gasteiger charge is 2.35. The van der Waals surface area contributed by atoms with Crippen molar-refractivity contribution >= 4 is 16.9 Å². The van der Waals surface area contributed by atoms with Crippen LogP contribution in [0.15, 0.2) is 51.7 Å². The fraction of sp³-hybridized carbons (Fsp3) is 0.543. The van der Waals surface area contributed by atoms with Crippen molar-refractivity contribution in [3.8, 4) is 22.6 Å². The van der Waals surface area contributed by atoms with Gasteiger partial charge in [0.05, 0.1) is 12.0 Å². The van der Waals surface area contributed by atoms with Crippen molar-refractivity contribution in [1.82, 2.24) is 9.80 Å². The van der Waals surface area contributed by atoms with E-state index in [2.05, 4.69) is 4.90 Å². The summed E-state index contributed by atoms with van der Waals surface area (Å²) < 4.78 is 24.0. The van der Waals surface area contributed by atoms with Gasteiger partial charge in [-0.3, -0.25) is 4.79 Å². The Balaban J connectivity index is 1.32. The normalized spacial score (nSPS) is 21.5. The lowest BCUT2D eigenvalue weighted by molar-refractivity contribution is -0.135. The number of aryl methyl sites for hydroxylation is 1. The first-order valence-electron chi connectivity index (χ1n) is 15.8. The molecule has 230 valence electrons. The molecule has 2 unspecified atom stereocenters. The van der Waals surface area contributed by atoms with Crippen LogP contribution in [0.2, 0.25) is 0 Å². The average Bonchev–Trinajstić information content (AvgIpc) is 3.01. The molecule has 1 amide bonds. The largest absolute Gasteiger partial charge is 0.487 e. The molecule has 4 heterocycles. The van der Waals surface area contributed by atoms with Crippen LogP contribution in [0.25, 0.3) is 22.1 Å². The van der Waals surface area contributed by atoms with Gasteiger partial charge in [-0.15, -0.1) is 0 Å². The molecule has 8 nitrogen and oxygen atoms in total. The van der Waals surface area contributed by atoms with E-state index in [-0.39, 0.29) is 18.1 Å². The van der Waals surface area contributed by atoms with E-state index < -0.39 is 5.63 Å². The Morgan fingerprint density at radius 2 is 1.91 bits per heavy atom. The number of benzene rings is 2. The summed E-state index contributed by atoms with van der Waals surface area (Å²) >= 11 is 0. The first-order chi connectivity index (χ1) is 20.8. The van der Waals surface area contributed by atoms with Crippen molar-refractivity contribution in [2.45, 2.75) is 70.4 Å². The van der Waals surface area contributed by atoms with E-state index in [9.17, 15) is 9.59 Å². The topological polar surface area (TPSA) is 81.5 Å². The first kappa shape index (κ1) is 29.7. The summed E-state index contributed by atoms with van der Waals surface area (Å²) in [6.07, 6.45) is 7.56. The molecule has 8 heteroatoms. The maximum absolute atomic E-state index is 13.8. The van der Waals surface area contributed by atoms with E-state index in [1.165, 1.54) is 44.8 Å². The minimum Gasteiger partial charge on any atom is -0.487 e. The van der Waals surface area contributed by atoms with Gasteiger partial charge in [-0.1, -0.05) is 36.8 Å². The van der Waals surface area contributed by atoms with Crippen molar-refractivity contribution in [3.63, 3.8) is 0 Å². The number of hydrogen-bond donors (Lipinski definition) is 0. The van der Waals surface area contributed by atoms with Crippen LogP contribution in [-0.4, -0.2) is 73.9 Å². The van der Waals surface area contributed by atoms with Gasteiger partial charge < -0.3 is 28.4 Å². The second kappa shape index (κ2) is 12.7. The smallest absolute Gasteiger partial charge is 0.336 e. The average molecular weight is 589 g/mol. The summed E-state index contributed by atoms with van der Waals surface area (Å²) in [4.78, 5) is 31.2. The summed E-state index contributed by atoms with van der Waals surface area (Å²) in [5.74, 6) is 1.49. The molecule has 2 fully saturated rings. The Hall–Kier alpha value is -3.36. The van der Waals surface area contributed by atoms with Crippen LogP contribution in [-0.2, 0) is 16.0 Å². The molecule has 3 aliphatic heterocycles. The Labute approximate surface area is 253 Å². The van der Waals surface area contributed by atoms with Gasteiger partial charge >= 0.3 is 5.63 Å². The Kier molecular flexibility index (Phi) is 8.78. The van der Waals surface area contributed by atoms with Crippen LogP contribution in [0, 0.1) is 5.92 Å². The highest BCUT2D eigenvalue weighted by atomic mass is 16.5. The van der Waals surface area contributed by atoms with Gasteiger partial charge in [0, 0.05) is 49.5 Å². The molecule has 3 aromatic rings. The van der Waals surface area contributed by atoms with Gasteiger partial charge in [-0.25, -0.2) is 4.79 Å². The van der Waals surface area contributed by atoms with Crippen LogP contribution in [0.5, 0.6) is 11.5 Å². The van der Waals surface area contributed by atoms with Crippen molar-refractivity contribution in [2.75, 3.05) is 46.5 Å². The molecule has 3 aliphatic rings. The SMILES string of the molecule is COCCN(CC1CCCN2CCCCC12)C(=O)COc1cc2c(c3oc(=O)cc(-c4ccccc4)c13)CCC(C)(C)O2. The first-order valence-corrected chi connectivity index (χ1v) is 15.8. The highest BCUT2D eigenvalue weighted by molar-refractivity contribution is 6.00. The molecule has 2 aromatic carbocycles. The third-order valence-corrected chi connectivity index (χ3v) is 9.44. The van der Waals surface area contributed by atoms with E-state index in [1.54, 1.807) is 7.11 Å². The van der Waals surface area contributed by atoms with Gasteiger partial charge in [0.25, 0.3) is 5.91 Å². The predicted molar refractivity (Wildman–Crippen MR) is 167 cm³/mol. The van der Waals surface area contributed by atoms with Crippen LogP contribution in [0.3, 0.4) is 0 Å². The molecule has 0 aliphatic carbocycles. The molecule has 0 bridgehead atoms. The molecule has 6 rings (SSSR count). The minimum atomic E-state index is -0.429. The number of ether oxygens (including phenoxy) is 3. The second-order valence-corrected chi connectivity index (χ2v) is 12.9. The lowest BCUT2D eigenvalue weighted by Gasteiger charge is -2.45. The summed E-state index contributed by atoms with van der Waals surface area (Å²) in [7, 11) is 1.67. The number of methoxy groups -OCH3 is 1. The van der Waals surface area contributed by atoms with E-state index in [0.29, 0.717) is 60.5 Å². The summed E-state index contributed by atoms with van der Waals surface area (Å²) in [5, 5.41) is 0.689. The zero-order valence-corrected chi connectivity index (χ0v) is 25.7. The van der Waals surface area contributed by atoms with Crippen molar-refractivity contribution in [1.29, 1.82) is 0 Å². The Morgan fingerprint density at radius 1 is 1.09 bits per heavy atom. The molecule has 43 heavy (non-hydrogen) atoms. The zero-order chi connectivity index (χ0) is 30.0. The quantitative estimate of drug-likeness (QED) is 0.298. The number of piperidine rings is 2. The fourth-order valence-electron chi connectivity index (χ4n) is 7.23. The zero-order valence-electron chi connectivity index (χ0n) is 25.7. The third-order valence-electron chi connectivity index (χ3n) is 9.44. The molecular formula is C35H44N2O6. The number of hydrogen-bond acceptors (Lipinski definition) is 7. The maximum Gasteiger partial charge on any atom is 0.336 e. The molecule has 2 atom stereocenters. The number of amides is 1. The standard InChI is InChI=1S/C35H44N2O6/c1-35(2)15-14-26-29(43-35)21-30(33-27(20-32(39)42-34(26)33)24-10-5-4-6-11-24)41-23-31(38)37(18-19-40-3)22-25-12-9-17-36-16-8-7-13-28(25)36/h4-6,10-11,20-21,25,28H,7-9,12-19,22-23H2,1-3H3. The Bertz CT molecular complexity index is 1500. The minimum absolute atomic E-state index is 0.0734. The fourth-order valence-corrected chi connectivity index (χ4v) is 7.23. The third kappa shape index (κ3) is 6.46. The van der Waals surface area contributed by atoms with Crippen molar-refractivity contribution < 1.29 is 23.4 Å². The molecule has 1 aromatic heterocycles. The van der Waals surface area contributed by atoms with E-state index in [1.807, 2.05) is 55.1 Å². The molecular weight excluding hydrogens is 544 g/mol. The number of carbonyl (C=O) groups is 1. The number of nitrogens with zero attached hydrogens (tertiary/aromatic N) is 2. The summed E-state index contributed by atoms with van der Waals surface area (Å²) in [6.45, 7) is 8.00. The molecule has 0 saturated carbocycles. The van der Waals surface area contributed by atoms with Gasteiger partial charge in [-0.2, -0.15) is 0 Å². The van der Waals surface area contributed by atoms with Gasteiger partial charge in [0.1, 0.15) is 22.7 Å². The van der Waals surface area contributed by atoms with Crippen LogP contribution in [0.1, 0.15) is 57.9 Å². The monoisotopic (exact) mass is 588 g/mol. The van der Waals surface area contributed by atoms with Crippen LogP contribution in [0.4, 0.5) is 0 Å². The molecule has 2 saturated heterocycles. The van der Waals surface area contributed by atoms with Crippen LogP contribution < -0.4 is 15.1 Å². The van der Waals surface area contributed by atoms with E-state index in [0.717, 1.165) is 29.5 Å². The molecule has 0 spiro atoms. The predicted octanol–water partition coefficient (Wildman–Crippen LogP) is 5.68. The number of fused-ring (bicyclic) bond motifs is 4. The van der Waals surface area contributed by atoms with Gasteiger partial charge in [0.2, 0.25) is 0 Å². The van der Waals surface area contributed by atoms with Crippen molar-refractivity contribution in [2.24, 2.45) is 5.92 Å². The van der Waals surface area contributed by atoms with E-state index >= 15 is 0 Å². The lowest BCUT2D eigenvalue weighted by atomic mass is 9.83. The van der Waals surface area contributed by atoms with Gasteiger partial charge in [-0.05, 0) is 76.9 Å². The molecule has 0 N–H and O–H groups in total. The summed E-state index contributed by atoms with van der Waals surface area (Å²) in [6, 6.07) is 13.7. The number of rotatable bonds is 9. The maximum atomic E-state index is 13.8. The van der Waals surface area contributed by atoms with Crippen molar-refractivity contribution in [3.05, 3.63) is 58.4 Å². The second-order valence-electron chi connectivity index (χ2n) is 12.9. The van der Waals surface area contributed by atoms with Crippen LogP contribution >= 0.6 is 0 Å². The highest BCUT2D eigenvalue weighted by Crippen LogP contribution is 2.45.